The molecule has 0 bridgehead atoms. The molecule has 5 heteroatoms. The van der Waals surface area contributed by atoms with Gasteiger partial charge in [0.15, 0.2) is 0 Å². The average Bonchev–Trinajstić information content (AvgIpc) is 2.27. The summed E-state index contributed by atoms with van der Waals surface area (Å²) in [6, 6.07) is 10.7. The molecule has 0 atom stereocenters. The molecule has 0 aliphatic rings. The normalized spacial score (nSPS) is 11.2. The third-order valence-electron chi connectivity index (χ3n) is 2.72. The van der Waals surface area contributed by atoms with E-state index in [-0.39, 0.29) is 56.3 Å². The van der Waals surface area contributed by atoms with E-state index in [1.807, 2.05) is 25.1 Å². The number of aryl methyl sites for hydroxylation is 1. The van der Waals surface area contributed by atoms with Crippen molar-refractivity contribution in [1.82, 2.24) is 0 Å². The molecule has 0 unspecified atom stereocenters. The molecule has 18 heavy (non-hydrogen) atoms. The zero-order chi connectivity index (χ0) is 12.5. The van der Waals surface area contributed by atoms with E-state index in [1.54, 1.807) is 12.1 Å². The predicted molar refractivity (Wildman–Crippen MR) is 65.9 cm³/mol. The fourth-order valence-electron chi connectivity index (χ4n) is 1.96. The summed E-state index contributed by atoms with van der Waals surface area (Å²) >= 11 is 0. The van der Waals surface area contributed by atoms with E-state index in [9.17, 15) is 13.0 Å². The van der Waals surface area contributed by atoms with Crippen LogP contribution in [0.5, 0.6) is 0 Å². The fraction of sp³-hybridized carbons (Fsp3) is 0.231. The van der Waals surface area contributed by atoms with Gasteiger partial charge in [-0.05, 0) is 34.9 Å². The molecule has 0 amide bonds. The Hall–Kier alpha value is 0.246. The molecule has 3 nitrogen and oxygen atoms in total. The van der Waals surface area contributed by atoms with Crippen LogP contribution in [0.15, 0.2) is 41.3 Å². The van der Waals surface area contributed by atoms with Gasteiger partial charge in [-0.2, -0.15) is 0 Å². The van der Waals surface area contributed by atoms with Crippen molar-refractivity contribution in [1.29, 1.82) is 0 Å². The first kappa shape index (κ1) is 16.3. The molecule has 90 valence electrons. The molecule has 2 rings (SSSR count). The van der Waals surface area contributed by atoms with Crippen LogP contribution in [-0.2, 0) is 16.5 Å². The molecular weight excluding hydrogens is 275 g/mol. The topological polar surface area (TPSA) is 57.2 Å². The minimum absolute atomic E-state index is 0. The van der Waals surface area contributed by atoms with Crippen molar-refractivity contribution in [3.8, 4) is 0 Å². The van der Waals surface area contributed by atoms with Crippen LogP contribution in [0.25, 0.3) is 10.8 Å². The largest absolute Gasteiger partial charge is 1.00 e. The van der Waals surface area contributed by atoms with Crippen molar-refractivity contribution < 1.29 is 64.4 Å². The second-order valence-electron chi connectivity index (χ2n) is 4.01. The monoisotopic (exact) mass is 288 g/mol. The van der Waals surface area contributed by atoms with Crippen molar-refractivity contribution in [3.05, 3.63) is 42.0 Å². The van der Waals surface area contributed by atoms with Gasteiger partial charge in [-0.3, -0.25) is 0 Å². The van der Waals surface area contributed by atoms with E-state index in [0.717, 1.165) is 17.2 Å². The van der Waals surface area contributed by atoms with E-state index >= 15 is 0 Å². The number of hydrogen-bond acceptors (Lipinski definition) is 3. The fourth-order valence-corrected chi connectivity index (χ4v) is 2.72. The number of benzene rings is 2. The molecule has 0 radical (unpaired) electrons. The van der Waals surface area contributed by atoms with Crippen LogP contribution in [-0.4, -0.2) is 13.0 Å². The summed E-state index contributed by atoms with van der Waals surface area (Å²) in [4.78, 5) is -0.0851. The van der Waals surface area contributed by atoms with Crippen LogP contribution in [0, 0.1) is 0 Å². The van der Waals surface area contributed by atoms with Gasteiger partial charge in [-0.15, -0.1) is 0 Å². The molecule has 0 saturated heterocycles. The van der Waals surface area contributed by atoms with E-state index in [0.29, 0.717) is 12.0 Å². The summed E-state index contributed by atoms with van der Waals surface area (Å²) < 4.78 is 33.6. The van der Waals surface area contributed by atoms with Crippen molar-refractivity contribution in [2.75, 3.05) is 0 Å². The molecule has 0 aromatic heterocycles. The van der Waals surface area contributed by atoms with E-state index in [1.165, 1.54) is 6.07 Å². The summed E-state index contributed by atoms with van der Waals surface area (Å²) in [6.07, 6.45) is 1.41. The Morgan fingerprint density at radius 2 is 1.67 bits per heavy atom. The average molecular weight is 288 g/mol. The molecule has 0 saturated carbocycles. The Labute approximate surface area is 150 Å². The first-order valence-electron chi connectivity index (χ1n) is 5.50. The van der Waals surface area contributed by atoms with Crippen LogP contribution < -0.4 is 51.4 Å². The van der Waals surface area contributed by atoms with Crippen LogP contribution in [0.1, 0.15) is 18.9 Å². The van der Waals surface area contributed by atoms with Crippen molar-refractivity contribution in [3.63, 3.8) is 0 Å². The van der Waals surface area contributed by atoms with Gasteiger partial charge in [0, 0.05) is 0 Å². The van der Waals surface area contributed by atoms with Crippen LogP contribution in [0.2, 0.25) is 0 Å². The maximum Gasteiger partial charge on any atom is 1.00 e. The Balaban J connectivity index is 0.00000162. The van der Waals surface area contributed by atoms with Crippen LogP contribution >= 0.6 is 0 Å². The second kappa shape index (κ2) is 6.61. The number of fused-ring (bicyclic) bond motifs is 1. The van der Waals surface area contributed by atoms with Gasteiger partial charge in [0.2, 0.25) is 0 Å². The molecule has 0 fully saturated rings. The van der Waals surface area contributed by atoms with E-state index in [4.69, 9.17) is 0 Å². The quantitative estimate of drug-likeness (QED) is 0.575. The number of rotatable bonds is 3. The Kier molecular flexibility index (Phi) is 5.98. The SMILES string of the molecule is CCCc1cc2ccccc2cc1S(=O)(=O)[O-].[K+]. The maximum absolute atomic E-state index is 11.2. The zero-order valence-electron chi connectivity index (χ0n) is 10.5. The standard InChI is InChI=1S/C13H14O3S.K/c1-2-5-12-8-10-6-3-4-7-11(10)9-13(12)17(14,15)16;/h3-4,6-9H,2,5H2,1H3,(H,14,15,16);/q;+1/p-1. The molecule has 0 spiro atoms. The molecule has 0 aliphatic heterocycles. The first-order chi connectivity index (χ1) is 8.02. The van der Waals surface area contributed by atoms with Crippen LogP contribution in [0.3, 0.4) is 0 Å². The number of hydrogen-bond donors (Lipinski definition) is 0. The summed E-state index contributed by atoms with van der Waals surface area (Å²) in [5.41, 5.74) is 0.612. The molecular formula is C13H13KO3S. The second-order valence-corrected chi connectivity index (χ2v) is 5.36. The summed E-state index contributed by atoms with van der Waals surface area (Å²) in [5.74, 6) is 0. The Bertz CT molecular complexity index is 650. The summed E-state index contributed by atoms with van der Waals surface area (Å²) in [5, 5.41) is 1.74. The minimum Gasteiger partial charge on any atom is -0.744 e. The van der Waals surface area contributed by atoms with Crippen LogP contribution in [0.4, 0.5) is 0 Å². The van der Waals surface area contributed by atoms with Crippen molar-refractivity contribution in [2.45, 2.75) is 24.7 Å². The van der Waals surface area contributed by atoms with Gasteiger partial charge in [0.05, 0.1) is 4.90 Å². The zero-order valence-corrected chi connectivity index (χ0v) is 14.5. The van der Waals surface area contributed by atoms with Gasteiger partial charge < -0.3 is 4.55 Å². The third-order valence-corrected chi connectivity index (χ3v) is 3.64. The summed E-state index contributed by atoms with van der Waals surface area (Å²) in [7, 11) is -4.40. The minimum atomic E-state index is -4.40. The molecule has 2 aromatic rings. The van der Waals surface area contributed by atoms with Gasteiger partial charge in [-0.1, -0.05) is 37.6 Å². The van der Waals surface area contributed by atoms with Crippen molar-refractivity contribution >= 4 is 20.9 Å². The van der Waals surface area contributed by atoms with E-state index < -0.39 is 10.1 Å². The maximum atomic E-state index is 11.2. The van der Waals surface area contributed by atoms with Gasteiger partial charge >= 0.3 is 51.4 Å². The van der Waals surface area contributed by atoms with Gasteiger partial charge in [0.1, 0.15) is 10.1 Å². The smallest absolute Gasteiger partial charge is 0.744 e. The first-order valence-corrected chi connectivity index (χ1v) is 6.91. The van der Waals surface area contributed by atoms with Crippen molar-refractivity contribution in [2.24, 2.45) is 0 Å². The third kappa shape index (κ3) is 3.63. The molecule has 0 aliphatic carbocycles. The summed E-state index contributed by atoms with van der Waals surface area (Å²) in [6.45, 7) is 1.95. The Morgan fingerprint density at radius 1 is 1.11 bits per heavy atom. The molecule has 0 heterocycles. The van der Waals surface area contributed by atoms with E-state index in [2.05, 4.69) is 0 Å². The van der Waals surface area contributed by atoms with Gasteiger partial charge in [-0.25, -0.2) is 8.42 Å². The Morgan fingerprint density at radius 3 is 2.17 bits per heavy atom. The molecule has 2 aromatic carbocycles. The predicted octanol–water partition coefficient (Wildman–Crippen LogP) is -0.300. The molecule has 0 N–H and O–H groups in total. The van der Waals surface area contributed by atoms with Gasteiger partial charge in [0.25, 0.3) is 0 Å².